The van der Waals surface area contributed by atoms with Gasteiger partial charge in [0.15, 0.2) is 11.5 Å². The lowest BCUT2D eigenvalue weighted by Gasteiger charge is -2.16. The molecule has 0 aliphatic rings. The molecule has 1 aromatic carbocycles. The topological polar surface area (TPSA) is 89.5 Å². The standard InChI is InChI=1S/C17H19N3O4/c1-3-16-19-12-9-11(6-7-15(12)24-16)18-17(21)20-13(10-22-2)14-5-4-8-23-14/h4-9,13H,3,10H2,1-2H3,(H2,18,20,21)/t13-/m0/s1. The molecule has 0 unspecified atom stereocenters. The van der Waals surface area contributed by atoms with Crippen LogP contribution in [0.2, 0.25) is 0 Å². The number of nitrogens with zero attached hydrogens (tertiary/aromatic N) is 1. The second-order valence-corrected chi connectivity index (χ2v) is 5.27. The largest absolute Gasteiger partial charge is 0.467 e. The van der Waals surface area contributed by atoms with Gasteiger partial charge in [0.1, 0.15) is 17.3 Å². The van der Waals surface area contributed by atoms with Gasteiger partial charge in [-0.25, -0.2) is 9.78 Å². The Labute approximate surface area is 139 Å². The second kappa shape index (κ2) is 7.18. The number of anilines is 1. The molecule has 0 saturated heterocycles. The number of hydrogen-bond donors (Lipinski definition) is 2. The maximum Gasteiger partial charge on any atom is 0.319 e. The number of carbonyl (C=O) groups excluding carboxylic acids is 1. The van der Waals surface area contributed by atoms with Gasteiger partial charge in [-0.15, -0.1) is 0 Å². The van der Waals surface area contributed by atoms with Gasteiger partial charge in [-0.1, -0.05) is 6.92 Å². The van der Waals surface area contributed by atoms with Crippen molar-refractivity contribution >= 4 is 22.8 Å². The number of methoxy groups -OCH3 is 1. The van der Waals surface area contributed by atoms with Crippen molar-refractivity contribution in [1.82, 2.24) is 10.3 Å². The van der Waals surface area contributed by atoms with Crippen LogP contribution in [0.3, 0.4) is 0 Å². The number of furan rings is 1. The monoisotopic (exact) mass is 329 g/mol. The summed E-state index contributed by atoms with van der Waals surface area (Å²) in [5, 5.41) is 5.60. The molecule has 0 bridgehead atoms. The first kappa shape index (κ1) is 16.1. The summed E-state index contributed by atoms with van der Waals surface area (Å²) in [5.74, 6) is 1.30. The number of carbonyl (C=O) groups is 1. The normalized spacial score (nSPS) is 12.2. The molecule has 24 heavy (non-hydrogen) atoms. The molecule has 2 aromatic heterocycles. The Morgan fingerprint density at radius 3 is 2.96 bits per heavy atom. The van der Waals surface area contributed by atoms with Crippen molar-refractivity contribution < 1.29 is 18.4 Å². The minimum Gasteiger partial charge on any atom is -0.467 e. The lowest BCUT2D eigenvalue weighted by atomic mass is 10.2. The number of aryl methyl sites for hydroxylation is 1. The molecule has 3 rings (SSSR count). The van der Waals surface area contributed by atoms with Crippen LogP contribution in [0.25, 0.3) is 11.1 Å². The molecule has 2 heterocycles. The number of ether oxygens (including phenoxy) is 1. The van der Waals surface area contributed by atoms with E-state index >= 15 is 0 Å². The summed E-state index contributed by atoms with van der Waals surface area (Å²) in [7, 11) is 1.57. The van der Waals surface area contributed by atoms with E-state index < -0.39 is 0 Å². The summed E-state index contributed by atoms with van der Waals surface area (Å²) >= 11 is 0. The SMILES string of the molecule is CCc1nc2cc(NC(=O)N[C@@H](COC)c3ccco3)ccc2o1. The predicted molar refractivity (Wildman–Crippen MR) is 88.9 cm³/mol. The number of fused-ring (bicyclic) bond motifs is 1. The number of benzene rings is 1. The van der Waals surface area contributed by atoms with Crippen LogP contribution in [-0.2, 0) is 11.2 Å². The summed E-state index contributed by atoms with van der Waals surface area (Å²) in [4.78, 5) is 16.6. The van der Waals surface area contributed by atoms with Gasteiger partial charge in [0.25, 0.3) is 0 Å². The molecule has 2 amide bonds. The van der Waals surface area contributed by atoms with E-state index in [-0.39, 0.29) is 12.1 Å². The zero-order valence-electron chi connectivity index (χ0n) is 13.5. The van der Waals surface area contributed by atoms with Crippen molar-refractivity contribution in [3.63, 3.8) is 0 Å². The molecule has 0 radical (unpaired) electrons. The predicted octanol–water partition coefficient (Wildman–Crippen LogP) is 3.49. The van der Waals surface area contributed by atoms with Crippen LogP contribution in [0.5, 0.6) is 0 Å². The number of urea groups is 1. The quantitative estimate of drug-likeness (QED) is 0.722. The van der Waals surface area contributed by atoms with Crippen molar-refractivity contribution in [2.24, 2.45) is 0 Å². The van der Waals surface area contributed by atoms with E-state index in [0.29, 0.717) is 35.0 Å². The summed E-state index contributed by atoms with van der Waals surface area (Å²) in [6, 6.07) is 8.16. The lowest BCUT2D eigenvalue weighted by molar-refractivity contribution is 0.159. The first-order valence-electron chi connectivity index (χ1n) is 7.69. The van der Waals surface area contributed by atoms with Crippen molar-refractivity contribution in [3.05, 3.63) is 48.2 Å². The first-order chi connectivity index (χ1) is 11.7. The highest BCUT2D eigenvalue weighted by Crippen LogP contribution is 2.20. The van der Waals surface area contributed by atoms with Gasteiger partial charge < -0.3 is 24.2 Å². The molecule has 3 aromatic rings. The van der Waals surface area contributed by atoms with Gasteiger partial charge in [0, 0.05) is 19.2 Å². The van der Waals surface area contributed by atoms with E-state index in [4.69, 9.17) is 13.6 Å². The third-order valence-electron chi connectivity index (χ3n) is 3.52. The van der Waals surface area contributed by atoms with Gasteiger partial charge in [0.2, 0.25) is 0 Å². The first-order valence-corrected chi connectivity index (χ1v) is 7.69. The van der Waals surface area contributed by atoms with Crippen molar-refractivity contribution in [3.8, 4) is 0 Å². The Morgan fingerprint density at radius 2 is 2.25 bits per heavy atom. The van der Waals surface area contributed by atoms with E-state index in [1.807, 2.05) is 6.92 Å². The van der Waals surface area contributed by atoms with Crippen molar-refractivity contribution in [2.75, 3.05) is 19.0 Å². The third kappa shape index (κ3) is 3.57. The fourth-order valence-corrected chi connectivity index (χ4v) is 2.38. The molecule has 2 N–H and O–H groups in total. The summed E-state index contributed by atoms with van der Waals surface area (Å²) in [6.45, 7) is 2.28. The Morgan fingerprint density at radius 1 is 1.38 bits per heavy atom. The van der Waals surface area contributed by atoms with Gasteiger partial charge in [-0.2, -0.15) is 0 Å². The number of hydrogen-bond acceptors (Lipinski definition) is 5. The van der Waals surface area contributed by atoms with Crippen LogP contribution in [0.15, 0.2) is 45.4 Å². The van der Waals surface area contributed by atoms with Gasteiger partial charge >= 0.3 is 6.03 Å². The highest BCUT2D eigenvalue weighted by atomic mass is 16.5. The van der Waals surface area contributed by atoms with E-state index in [0.717, 1.165) is 6.42 Å². The molecule has 0 spiro atoms. The van der Waals surface area contributed by atoms with E-state index in [1.165, 1.54) is 0 Å². The van der Waals surface area contributed by atoms with Crippen molar-refractivity contribution in [1.29, 1.82) is 0 Å². The second-order valence-electron chi connectivity index (χ2n) is 5.27. The van der Waals surface area contributed by atoms with E-state index in [2.05, 4.69) is 15.6 Å². The molecule has 0 aliphatic carbocycles. The molecular formula is C17H19N3O4. The minimum atomic E-state index is -0.368. The summed E-state index contributed by atoms with van der Waals surface area (Å²) in [6.07, 6.45) is 2.28. The van der Waals surface area contributed by atoms with Gasteiger partial charge in [-0.05, 0) is 30.3 Å². The molecule has 0 saturated carbocycles. The van der Waals surface area contributed by atoms with Crippen LogP contribution in [-0.4, -0.2) is 24.7 Å². The van der Waals surface area contributed by atoms with Gasteiger partial charge in [0.05, 0.1) is 12.9 Å². The van der Waals surface area contributed by atoms with Crippen LogP contribution in [0.1, 0.15) is 24.6 Å². The maximum absolute atomic E-state index is 12.2. The molecule has 7 heteroatoms. The number of aromatic nitrogens is 1. The van der Waals surface area contributed by atoms with Gasteiger partial charge in [-0.3, -0.25) is 0 Å². The Balaban J connectivity index is 1.69. The summed E-state index contributed by atoms with van der Waals surface area (Å²) < 4.78 is 16.0. The Kier molecular flexibility index (Phi) is 4.81. The average Bonchev–Trinajstić information content (AvgIpc) is 3.23. The number of rotatable bonds is 6. The summed E-state index contributed by atoms with van der Waals surface area (Å²) in [5.41, 5.74) is 2.04. The molecular weight excluding hydrogens is 310 g/mol. The number of amides is 2. The smallest absolute Gasteiger partial charge is 0.319 e. The average molecular weight is 329 g/mol. The van der Waals surface area contributed by atoms with E-state index in [9.17, 15) is 4.79 Å². The molecule has 126 valence electrons. The Hall–Kier alpha value is -2.80. The van der Waals surface area contributed by atoms with Crippen LogP contribution >= 0.6 is 0 Å². The van der Waals surface area contributed by atoms with Crippen molar-refractivity contribution in [2.45, 2.75) is 19.4 Å². The van der Waals surface area contributed by atoms with Crippen LogP contribution in [0.4, 0.5) is 10.5 Å². The highest BCUT2D eigenvalue weighted by Gasteiger charge is 2.17. The Bertz CT molecular complexity index is 810. The fourth-order valence-electron chi connectivity index (χ4n) is 2.38. The minimum absolute atomic E-state index is 0.309. The molecule has 0 aliphatic heterocycles. The fraction of sp³-hybridized carbons (Fsp3) is 0.294. The number of nitrogens with one attached hydrogen (secondary N) is 2. The highest BCUT2D eigenvalue weighted by molar-refractivity contribution is 5.91. The molecule has 0 fully saturated rings. The number of oxazole rings is 1. The third-order valence-corrected chi connectivity index (χ3v) is 3.52. The van der Waals surface area contributed by atoms with Crippen LogP contribution < -0.4 is 10.6 Å². The zero-order chi connectivity index (χ0) is 16.9. The zero-order valence-corrected chi connectivity index (χ0v) is 13.5. The van der Waals surface area contributed by atoms with Crippen LogP contribution in [0, 0.1) is 0 Å². The van der Waals surface area contributed by atoms with E-state index in [1.54, 1.807) is 43.7 Å². The lowest BCUT2D eigenvalue weighted by Crippen LogP contribution is -2.34. The molecule has 7 nitrogen and oxygen atoms in total. The molecule has 1 atom stereocenters. The maximum atomic E-state index is 12.2.